The Morgan fingerprint density at radius 3 is 2.92 bits per heavy atom. The minimum absolute atomic E-state index is 0.400. The average molecular weight is 183 g/mol. The number of anilines is 1. The molecule has 0 radical (unpaired) electrons. The zero-order chi connectivity index (χ0) is 9.68. The first-order valence-corrected chi connectivity index (χ1v) is 4.56. The topological polar surface area (TPSA) is 53.1 Å². The fourth-order valence-corrected chi connectivity index (χ4v) is 1.33. The molecular weight excluding hydrogens is 166 g/mol. The first-order chi connectivity index (χ1) is 6.27. The maximum absolute atomic E-state index is 5.59. The molecule has 1 rings (SSSR count). The summed E-state index contributed by atoms with van der Waals surface area (Å²) in [6, 6.07) is 0.400. The first-order valence-electron chi connectivity index (χ1n) is 4.56. The van der Waals surface area contributed by atoms with Gasteiger partial charge in [-0.25, -0.2) is 0 Å². The van der Waals surface area contributed by atoms with E-state index in [2.05, 4.69) is 12.0 Å². The molecule has 0 aliphatic heterocycles. The number of rotatable bonds is 5. The Labute approximate surface area is 78.7 Å². The monoisotopic (exact) mass is 183 g/mol. The van der Waals surface area contributed by atoms with Crippen molar-refractivity contribution in [3.63, 3.8) is 0 Å². The smallest absolute Gasteiger partial charge is 0.0719 e. The molecule has 0 spiro atoms. The van der Waals surface area contributed by atoms with Crippen LogP contribution in [0, 0.1) is 0 Å². The van der Waals surface area contributed by atoms with E-state index in [1.807, 2.05) is 10.9 Å². The molecule has 0 amide bonds. The van der Waals surface area contributed by atoms with Crippen LogP contribution in [0.3, 0.4) is 0 Å². The standard InChI is InChI=1S/C9H17N3O/c1-3-9(4-5-13-2)12-7-8(10)6-11-12/h6-7,9H,3-5,10H2,1-2H3. The Balaban J connectivity index is 2.56. The number of nitrogen functional groups attached to an aromatic ring is 1. The summed E-state index contributed by atoms with van der Waals surface area (Å²) in [5.41, 5.74) is 6.30. The molecule has 74 valence electrons. The van der Waals surface area contributed by atoms with E-state index in [0.717, 1.165) is 25.1 Å². The van der Waals surface area contributed by atoms with E-state index in [9.17, 15) is 0 Å². The van der Waals surface area contributed by atoms with Crippen molar-refractivity contribution in [2.45, 2.75) is 25.8 Å². The Morgan fingerprint density at radius 1 is 1.69 bits per heavy atom. The predicted octanol–water partition coefficient (Wildman–Crippen LogP) is 1.45. The molecule has 2 N–H and O–H groups in total. The van der Waals surface area contributed by atoms with Gasteiger partial charge in [0, 0.05) is 19.9 Å². The second-order valence-electron chi connectivity index (χ2n) is 3.10. The van der Waals surface area contributed by atoms with Gasteiger partial charge in [0.05, 0.1) is 17.9 Å². The lowest BCUT2D eigenvalue weighted by atomic mass is 10.2. The molecule has 13 heavy (non-hydrogen) atoms. The van der Waals surface area contributed by atoms with Crippen LogP contribution in [-0.4, -0.2) is 23.5 Å². The highest BCUT2D eigenvalue weighted by atomic mass is 16.5. The fourth-order valence-electron chi connectivity index (χ4n) is 1.33. The van der Waals surface area contributed by atoms with Crippen molar-refractivity contribution in [3.05, 3.63) is 12.4 Å². The van der Waals surface area contributed by atoms with Crippen LogP contribution in [0.1, 0.15) is 25.8 Å². The van der Waals surface area contributed by atoms with Crippen molar-refractivity contribution in [1.82, 2.24) is 9.78 Å². The van der Waals surface area contributed by atoms with Crippen LogP contribution in [0.25, 0.3) is 0 Å². The molecule has 0 aliphatic rings. The minimum Gasteiger partial charge on any atom is -0.396 e. The van der Waals surface area contributed by atoms with Gasteiger partial charge in [-0.2, -0.15) is 5.10 Å². The Kier molecular flexibility index (Phi) is 3.76. The number of nitrogens with two attached hydrogens (primary N) is 1. The summed E-state index contributed by atoms with van der Waals surface area (Å²) in [7, 11) is 1.71. The Morgan fingerprint density at radius 2 is 2.46 bits per heavy atom. The van der Waals surface area contributed by atoms with Gasteiger partial charge in [0.25, 0.3) is 0 Å². The highest BCUT2D eigenvalue weighted by molar-refractivity contribution is 5.30. The van der Waals surface area contributed by atoms with Gasteiger partial charge >= 0.3 is 0 Å². The van der Waals surface area contributed by atoms with Crippen LogP contribution in [0.2, 0.25) is 0 Å². The number of hydrogen-bond acceptors (Lipinski definition) is 3. The van der Waals surface area contributed by atoms with Gasteiger partial charge < -0.3 is 10.5 Å². The summed E-state index contributed by atoms with van der Waals surface area (Å²) >= 11 is 0. The molecule has 0 aliphatic carbocycles. The predicted molar refractivity (Wildman–Crippen MR) is 52.5 cm³/mol. The molecule has 0 aromatic carbocycles. The second kappa shape index (κ2) is 4.87. The number of hydrogen-bond donors (Lipinski definition) is 1. The van der Waals surface area contributed by atoms with Gasteiger partial charge in [-0.3, -0.25) is 4.68 Å². The summed E-state index contributed by atoms with van der Waals surface area (Å²) in [5, 5.41) is 4.18. The zero-order valence-electron chi connectivity index (χ0n) is 8.23. The molecule has 4 nitrogen and oxygen atoms in total. The molecule has 0 fully saturated rings. The highest BCUT2D eigenvalue weighted by Gasteiger charge is 2.08. The van der Waals surface area contributed by atoms with E-state index >= 15 is 0 Å². The van der Waals surface area contributed by atoms with Crippen LogP contribution in [0.5, 0.6) is 0 Å². The summed E-state index contributed by atoms with van der Waals surface area (Å²) < 4.78 is 6.94. The van der Waals surface area contributed by atoms with Gasteiger partial charge in [-0.05, 0) is 12.8 Å². The number of aromatic nitrogens is 2. The number of ether oxygens (including phenoxy) is 1. The van der Waals surface area contributed by atoms with Gasteiger partial charge in [0.1, 0.15) is 0 Å². The maximum Gasteiger partial charge on any atom is 0.0719 e. The Bertz CT molecular complexity index is 247. The molecule has 1 aromatic heterocycles. The van der Waals surface area contributed by atoms with Crippen LogP contribution < -0.4 is 5.73 Å². The lowest BCUT2D eigenvalue weighted by Crippen LogP contribution is -2.10. The van der Waals surface area contributed by atoms with Crippen molar-refractivity contribution >= 4 is 5.69 Å². The Hall–Kier alpha value is -1.03. The SMILES string of the molecule is CCC(CCOC)n1cc(N)cn1. The lowest BCUT2D eigenvalue weighted by molar-refractivity contribution is 0.174. The van der Waals surface area contributed by atoms with Gasteiger partial charge in [0.15, 0.2) is 0 Å². The zero-order valence-corrected chi connectivity index (χ0v) is 8.23. The van der Waals surface area contributed by atoms with E-state index in [4.69, 9.17) is 10.5 Å². The third-order valence-electron chi connectivity index (χ3n) is 2.12. The number of nitrogens with zero attached hydrogens (tertiary/aromatic N) is 2. The van der Waals surface area contributed by atoms with Gasteiger partial charge in [0.2, 0.25) is 0 Å². The molecule has 0 saturated heterocycles. The van der Waals surface area contributed by atoms with Crippen molar-refractivity contribution < 1.29 is 4.74 Å². The fraction of sp³-hybridized carbons (Fsp3) is 0.667. The molecule has 1 heterocycles. The minimum atomic E-state index is 0.400. The van der Waals surface area contributed by atoms with E-state index < -0.39 is 0 Å². The van der Waals surface area contributed by atoms with Crippen molar-refractivity contribution in [1.29, 1.82) is 0 Å². The second-order valence-corrected chi connectivity index (χ2v) is 3.10. The van der Waals surface area contributed by atoms with E-state index in [1.165, 1.54) is 0 Å². The third-order valence-corrected chi connectivity index (χ3v) is 2.12. The molecule has 0 saturated carbocycles. The normalized spacial score (nSPS) is 13.1. The average Bonchev–Trinajstić information content (AvgIpc) is 2.54. The van der Waals surface area contributed by atoms with Crippen LogP contribution in [0.4, 0.5) is 5.69 Å². The molecule has 1 aromatic rings. The lowest BCUT2D eigenvalue weighted by Gasteiger charge is -2.14. The van der Waals surface area contributed by atoms with Crippen LogP contribution in [-0.2, 0) is 4.74 Å². The van der Waals surface area contributed by atoms with Crippen LogP contribution >= 0.6 is 0 Å². The van der Waals surface area contributed by atoms with E-state index in [0.29, 0.717) is 6.04 Å². The highest BCUT2D eigenvalue weighted by Crippen LogP contribution is 2.15. The quantitative estimate of drug-likeness (QED) is 0.751. The third kappa shape index (κ3) is 2.73. The number of methoxy groups -OCH3 is 1. The largest absolute Gasteiger partial charge is 0.396 e. The van der Waals surface area contributed by atoms with Crippen molar-refractivity contribution in [2.24, 2.45) is 0 Å². The summed E-state index contributed by atoms with van der Waals surface area (Å²) in [6.45, 7) is 2.90. The molecule has 1 atom stereocenters. The van der Waals surface area contributed by atoms with Crippen LogP contribution in [0.15, 0.2) is 12.4 Å². The maximum atomic E-state index is 5.59. The summed E-state index contributed by atoms with van der Waals surface area (Å²) in [4.78, 5) is 0. The van der Waals surface area contributed by atoms with Crippen molar-refractivity contribution in [3.8, 4) is 0 Å². The van der Waals surface area contributed by atoms with E-state index in [-0.39, 0.29) is 0 Å². The van der Waals surface area contributed by atoms with E-state index in [1.54, 1.807) is 13.3 Å². The van der Waals surface area contributed by atoms with Gasteiger partial charge in [-0.15, -0.1) is 0 Å². The van der Waals surface area contributed by atoms with Gasteiger partial charge in [-0.1, -0.05) is 6.92 Å². The molecule has 0 bridgehead atoms. The summed E-state index contributed by atoms with van der Waals surface area (Å²) in [5.74, 6) is 0. The summed E-state index contributed by atoms with van der Waals surface area (Å²) in [6.07, 6.45) is 5.57. The van der Waals surface area contributed by atoms with Crippen molar-refractivity contribution in [2.75, 3.05) is 19.5 Å². The first kappa shape index (κ1) is 10.1. The molecule has 4 heteroatoms. The molecule has 1 unspecified atom stereocenters. The molecular formula is C9H17N3O.